The van der Waals surface area contributed by atoms with Gasteiger partial charge in [0.2, 0.25) is 5.91 Å². The summed E-state index contributed by atoms with van der Waals surface area (Å²) in [6.45, 7) is 2.56. The average Bonchev–Trinajstić information content (AvgIpc) is 3.22. The summed E-state index contributed by atoms with van der Waals surface area (Å²) in [7, 11) is 0. The third-order valence-corrected chi connectivity index (χ3v) is 6.45. The number of carbonyl (C=O) groups is 1. The van der Waals surface area contributed by atoms with E-state index in [0.717, 1.165) is 30.3 Å². The fourth-order valence-electron chi connectivity index (χ4n) is 4.07. The first-order valence-corrected chi connectivity index (χ1v) is 10.7. The highest BCUT2D eigenvalue weighted by molar-refractivity contribution is 7.17. The van der Waals surface area contributed by atoms with Crippen LogP contribution in [0.3, 0.4) is 0 Å². The zero-order chi connectivity index (χ0) is 20.5. The van der Waals surface area contributed by atoms with Gasteiger partial charge in [-0.15, -0.1) is 11.3 Å². The predicted octanol–water partition coefficient (Wildman–Crippen LogP) is 3.14. The van der Waals surface area contributed by atoms with Crippen LogP contribution in [0.15, 0.2) is 45.3 Å². The number of likely N-dealkylation sites (tertiary alicyclic amines) is 1. The van der Waals surface area contributed by atoms with Crippen LogP contribution < -0.4 is 11.2 Å². The van der Waals surface area contributed by atoms with Crippen LogP contribution in [0.1, 0.15) is 32.6 Å². The molecule has 1 saturated heterocycles. The lowest BCUT2D eigenvalue weighted by atomic mass is 10.00. The van der Waals surface area contributed by atoms with Crippen molar-refractivity contribution >= 4 is 27.5 Å². The number of amides is 1. The molecule has 1 amide bonds. The molecule has 3 heterocycles. The van der Waals surface area contributed by atoms with Crippen LogP contribution in [0, 0.1) is 5.82 Å². The molecule has 1 atom stereocenters. The maximum atomic E-state index is 14.4. The number of hydrogen-bond acceptors (Lipinski definition) is 4. The molecule has 4 rings (SSSR count). The SMILES string of the molecule is CC[C@@H]1CCCCN1C(=O)Cn1c(=O)n(-c2ccccc2F)c(=O)c2sccc21. The fourth-order valence-corrected chi connectivity index (χ4v) is 4.89. The molecule has 2 aromatic heterocycles. The first kappa shape index (κ1) is 19.6. The molecule has 1 fully saturated rings. The first-order valence-electron chi connectivity index (χ1n) is 9.80. The van der Waals surface area contributed by atoms with Gasteiger partial charge in [-0.3, -0.25) is 14.2 Å². The lowest BCUT2D eigenvalue weighted by Gasteiger charge is -2.35. The van der Waals surface area contributed by atoms with Crippen molar-refractivity contribution in [1.29, 1.82) is 0 Å². The van der Waals surface area contributed by atoms with Gasteiger partial charge in [-0.1, -0.05) is 19.1 Å². The molecule has 0 unspecified atom stereocenters. The van der Waals surface area contributed by atoms with E-state index in [0.29, 0.717) is 16.8 Å². The second-order valence-corrected chi connectivity index (χ2v) is 8.16. The van der Waals surface area contributed by atoms with Crippen LogP contribution in [0.2, 0.25) is 0 Å². The number of halogens is 1. The highest BCUT2D eigenvalue weighted by Gasteiger charge is 2.27. The molecular formula is C21H22FN3O3S. The molecule has 0 spiro atoms. The van der Waals surface area contributed by atoms with Gasteiger partial charge < -0.3 is 4.90 Å². The largest absolute Gasteiger partial charge is 0.338 e. The monoisotopic (exact) mass is 415 g/mol. The number of para-hydroxylation sites is 1. The number of nitrogens with zero attached hydrogens (tertiary/aromatic N) is 3. The van der Waals surface area contributed by atoms with Crippen LogP contribution in [0.4, 0.5) is 4.39 Å². The third kappa shape index (κ3) is 3.42. The Kier molecular flexibility index (Phi) is 5.36. The summed E-state index contributed by atoms with van der Waals surface area (Å²) in [6, 6.07) is 7.49. The number of thiophene rings is 1. The van der Waals surface area contributed by atoms with Gasteiger partial charge in [0.15, 0.2) is 0 Å². The Hall–Kier alpha value is -2.74. The normalized spacial score (nSPS) is 17.0. The lowest BCUT2D eigenvalue weighted by Crippen LogP contribution is -2.47. The van der Waals surface area contributed by atoms with E-state index in [1.807, 2.05) is 4.90 Å². The maximum Gasteiger partial charge on any atom is 0.336 e. The summed E-state index contributed by atoms with van der Waals surface area (Å²) >= 11 is 1.18. The summed E-state index contributed by atoms with van der Waals surface area (Å²) in [6.07, 6.45) is 3.86. The second kappa shape index (κ2) is 7.94. The number of hydrogen-bond donors (Lipinski definition) is 0. The predicted molar refractivity (Wildman–Crippen MR) is 111 cm³/mol. The van der Waals surface area contributed by atoms with Crippen molar-refractivity contribution in [3.63, 3.8) is 0 Å². The van der Waals surface area contributed by atoms with E-state index in [1.54, 1.807) is 17.5 Å². The Balaban J connectivity index is 1.84. The smallest absolute Gasteiger partial charge is 0.336 e. The Labute approximate surface area is 170 Å². The van der Waals surface area contributed by atoms with Crippen LogP contribution in [0.5, 0.6) is 0 Å². The van der Waals surface area contributed by atoms with Gasteiger partial charge in [-0.05, 0) is 49.3 Å². The zero-order valence-electron chi connectivity index (χ0n) is 16.1. The molecule has 0 saturated carbocycles. The molecule has 1 aliphatic heterocycles. The Morgan fingerprint density at radius 2 is 2.00 bits per heavy atom. The van der Waals surface area contributed by atoms with Gasteiger partial charge in [0, 0.05) is 12.6 Å². The van der Waals surface area contributed by atoms with E-state index < -0.39 is 17.1 Å². The highest BCUT2D eigenvalue weighted by Crippen LogP contribution is 2.21. The van der Waals surface area contributed by atoms with Gasteiger partial charge in [0.25, 0.3) is 5.56 Å². The Bertz CT molecular complexity index is 1180. The number of rotatable bonds is 4. The van der Waals surface area contributed by atoms with Crippen molar-refractivity contribution < 1.29 is 9.18 Å². The molecule has 1 aromatic carbocycles. The molecule has 0 radical (unpaired) electrons. The average molecular weight is 415 g/mol. The molecule has 1 aliphatic rings. The number of piperidine rings is 1. The highest BCUT2D eigenvalue weighted by atomic mass is 32.1. The summed E-state index contributed by atoms with van der Waals surface area (Å²) in [5.41, 5.74) is -0.970. The van der Waals surface area contributed by atoms with Gasteiger partial charge in [0.05, 0.1) is 11.2 Å². The van der Waals surface area contributed by atoms with Gasteiger partial charge >= 0.3 is 5.69 Å². The van der Waals surface area contributed by atoms with Crippen molar-refractivity contribution in [1.82, 2.24) is 14.0 Å². The summed E-state index contributed by atoms with van der Waals surface area (Å²) in [5, 5.41) is 1.70. The number of carbonyl (C=O) groups excluding carboxylic acids is 1. The van der Waals surface area contributed by atoms with Crippen molar-refractivity contribution in [2.75, 3.05) is 6.54 Å². The quantitative estimate of drug-likeness (QED) is 0.658. The van der Waals surface area contributed by atoms with E-state index in [9.17, 15) is 18.8 Å². The number of aromatic nitrogens is 2. The number of benzene rings is 1. The standard InChI is InChI=1S/C21H22FN3O3S/c1-2-14-7-5-6-11-23(14)18(26)13-24-17-10-12-29-19(17)20(27)25(21(24)28)16-9-4-3-8-15(16)22/h3-4,8-10,12,14H,2,5-7,11,13H2,1H3/t14-/m1/s1. The zero-order valence-corrected chi connectivity index (χ0v) is 17.0. The molecule has 152 valence electrons. The van der Waals surface area contributed by atoms with Crippen LogP contribution in [-0.2, 0) is 11.3 Å². The molecule has 0 N–H and O–H groups in total. The van der Waals surface area contributed by atoms with E-state index in [1.165, 1.54) is 34.1 Å². The first-order chi connectivity index (χ1) is 14.0. The molecular weight excluding hydrogens is 393 g/mol. The number of fused-ring (bicyclic) bond motifs is 1. The minimum atomic E-state index is -0.704. The van der Waals surface area contributed by atoms with Crippen LogP contribution in [-0.4, -0.2) is 32.5 Å². The van der Waals surface area contributed by atoms with Crippen molar-refractivity contribution in [2.24, 2.45) is 0 Å². The van der Waals surface area contributed by atoms with E-state index >= 15 is 0 Å². The molecule has 29 heavy (non-hydrogen) atoms. The molecule has 0 aliphatic carbocycles. The minimum Gasteiger partial charge on any atom is -0.338 e. The van der Waals surface area contributed by atoms with Crippen molar-refractivity contribution in [3.05, 3.63) is 62.4 Å². The summed E-state index contributed by atoms with van der Waals surface area (Å²) < 4.78 is 16.8. The van der Waals surface area contributed by atoms with E-state index in [4.69, 9.17) is 0 Å². The summed E-state index contributed by atoms with van der Waals surface area (Å²) in [4.78, 5) is 41.0. The Morgan fingerprint density at radius 3 is 2.76 bits per heavy atom. The molecule has 8 heteroatoms. The maximum absolute atomic E-state index is 14.4. The van der Waals surface area contributed by atoms with Crippen LogP contribution in [0.25, 0.3) is 15.9 Å². The van der Waals surface area contributed by atoms with E-state index in [-0.39, 0.29) is 24.2 Å². The Morgan fingerprint density at radius 1 is 1.21 bits per heavy atom. The fraction of sp³-hybridized carbons (Fsp3) is 0.381. The van der Waals surface area contributed by atoms with Crippen molar-refractivity contribution in [2.45, 2.75) is 45.2 Å². The van der Waals surface area contributed by atoms with Crippen molar-refractivity contribution in [3.8, 4) is 5.69 Å². The second-order valence-electron chi connectivity index (χ2n) is 7.24. The van der Waals surface area contributed by atoms with Gasteiger partial charge in [-0.25, -0.2) is 13.8 Å². The topological polar surface area (TPSA) is 64.3 Å². The van der Waals surface area contributed by atoms with Gasteiger partial charge in [0.1, 0.15) is 17.1 Å². The minimum absolute atomic E-state index is 0.108. The molecule has 6 nitrogen and oxygen atoms in total. The summed E-state index contributed by atoms with van der Waals surface area (Å²) in [5.74, 6) is -0.813. The molecule has 0 bridgehead atoms. The third-order valence-electron chi connectivity index (χ3n) is 5.56. The molecule has 3 aromatic rings. The van der Waals surface area contributed by atoms with Gasteiger partial charge in [-0.2, -0.15) is 0 Å². The van der Waals surface area contributed by atoms with Crippen LogP contribution >= 0.6 is 11.3 Å². The van der Waals surface area contributed by atoms with E-state index in [2.05, 4.69) is 6.92 Å². The lowest BCUT2D eigenvalue weighted by molar-refractivity contribution is -0.135.